The number of fused-ring (bicyclic) bond motifs is 1. The Balaban J connectivity index is 1.86. The molecule has 2 atom stereocenters. The van der Waals surface area contributed by atoms with Gasteiger partial charge >= 0.3 is 5.69 Å². The summed E-state index contributed by atoms with van der Waals surface area (Å²) in [5.41, 5.74) is 1.67. The molecule has 1 aliphatic rings. The number of amides is 1. The summed E-state index contributed by atoms with van der Waals surface area (Å²) in [6.45, 7) is 16.2. The third kappa shape index (κ3) is 5.66. The van der Waals surface area contributed by atoms with Gasteiger partial charge in [0, 0.05) is 30.7 Å². The molecule has 10 nitrogen and oxygen atoms in total. The van der Waals surface area contributed by atoms with E-state index >= 15 is 4.39 Å². The molecule has 4 heterocycles. The number of pyridine rings is 1. The summed E-state index contributed by atoms with van der Waals surface area (Å²) in [6.07, 6.45) is 2.78. The van der Waals surface area contributed by atoms with Crippen molar-refractivity contribution in [1.29, 1.82) is 5.26 Å². The van der Waals surface area contributed by atoms with Gasteiger partial charge in [-0.2, -0.15) is 10.2 Å². The first-order valence-corrected chi connectivity index (χ1v) is 15.1. The van der Waals surface area contributed by atoms with E-state index < -0.39 is 11.5 Å². The minimum absolute atomic E-state index is 0.0780. The summed E-state index contributed by atoms with van der Waals surface area (Å²) in [4.78, 5) is 49.0. The van der Waals surface area contributed by atoms with E-state index in [1.165, 1.54) is 29.1 Å². The number of aromatic nitrogens is 5. The van der Waals surface area contributed by atoms with E-state index in [9.17, 15) is 14.9 Å². The van der Waals surface area contributed by atoms with Gasteiger partial charge in [0.1, 0.15) is 18.0 Å². The van der Waals surface area contributed by atoms with Crippen LogP contribution in [-0.4, -0.2) is 60.5 Å². The van der Waals surface area contributed by atoms with E-state index in [0.717, 1.165) is 6.07 Å². The highest BCUT2D eigenvalue weighted by atomic mass is 35.5. The summed E-state index contributed by atoms with van der Waals surface area (Å²) < 4.78 is 16.7. The summed E-state index contributed by atoms with van der Waals surface area (Å²) in [5.74, 6) is -0.660. The molecule has 3 aromatic heterocycles. The van der Waals surface area contributed by atoms with Gasteiger partial charge in [0.05, 0.1) is 44.8 Å². The topological polar surface area (TPSA) is 121 Å². The Kier molecular flexibility index (Phi) is 8.72. The molecule has 4 aromatic rings. The Hall–Kier alpha value is -4.69. The van der Waals surface area contributed by atoms with E-state index in [-0.39, 0.29) is 57.3 Å². The molecule has 0 unspecified atom stereocenters. The number of hydrogen-bond donors (Lipinski definition) is 0. The van der Waals surface area contributed by atoms with Crippen molar-refractivity contribution in [2.75, 3.05) is 18.0 Å². The van der Waals surface area contributed by atoms with Crippen LogP contribution in [0, 0.1) is 17.1 Å². The minimum Gasteiger partial charge on any atom is -0.349 e. The Morgan fingerprint density at radius 3 is 2.33 bits per heavy atom. The van der Waals surface area contributed by atoms with Crippen LogP contribution in [0.15, 0.2) is 48.0 Å². The highest BCUT2D eigenvalue weighted by molar-refractivity contribution is 6.33. The molecule has 232 valence electrons. The van der Waals surface area contributed by atoms with Gasteiger partial charge in [0.15, 0.2) is 5.65 Å². The molecule has 1 amide bonds. The summed E-state index contributed by atoms with van der Waals surface area (Å²) >= 11 is 6.83. The summed E-state index contributed by atoms with van der Waals surface area (Å²) in [5, 5.41) is 9.87. The number of carbonyl (C=O) groups is 1. The highest BCUT2D eigenvalue weighted by Gasteiger charge is 2.34. The second-order valence-corrected chi connectivity index (χ2v) is 12.3. The largest absolute Gasteiger partial charge is 0.355 e. The fourth-order valence-corrected chi connectivity index (χ4v) is 6.07. The maximum atomic E-state index is 15.3. The number of hydrogen-bond acceptors (Lipinski definition) is 8. The van der Waals surface area contributed by atoms with Gasteiger partial charge in [0.2, 0.25) is 5.91 Å². The maximum absolute atomic E-state index is 15.3. The average Bonchev–Trinajstić information content (AvgIpc) is 3.00. The van der Waals surface area contributed by atoms with Crippen LogP contribution in [0.4, 0.5) is 10.2 Å². The van der Waals surface area contributed by atoms with Crippen LogP contribution in [0.2, 0.25) is 5.02 Å². The first-order valence-electron chi connectivity index (χ1n) is 14.8. The Bertz CT molecular complexity index is 1910. The van der Waals surface area contributed by atoms with Gasteiger partial charge < -0.3 is 9.80 Å². The number of carbonyl (C=O) groups excluding carboxylic acids is 1. The van der Waals surface area contributed by atoms with Gasteiger partial charge in [0.25, 0.3) is 0 Å². The first-order chi connectivity index (χ1) is 21.4. The molecule has 5 rings (SSSR count). The number of benzene rings is 1. The van der Waals surface area contributed by atoms with E-state index in [1.54, 1.807) is 11.0 Å². The van der Waals surface area contributed by atoms with Crippen molar-refractivity contribution >= 4 is 34.4 Å². The zero-order valence-corrected chi connectivity index (χ0v) is 26.8. The molecule has 1 aromatic carbocycles. The average molecular weight is 629 g/mol. The monoisotopic (exact) mass is 628 g/mol. The number of rotatable bonds is 6. The quantitative estimate of drug-likeness (QED) is 0.247. The fourth-order valence-electron chi connectivity index (χ4n) is 5.82. The molecular formula is C33H34ClFN8O2. The molecule has 0 radical (unpaired) electrons. The van der Waals surface area contributed by atoms with E-state index in [0.29, 0.717) is 41.4 Å². The Morgan fingerprint density at radius 2 is 1.76 bits per heavy atom. The molecule has 0 spiro atoms. The molecule has 45 heavy (non-hydrogen) atoms. The van der Waals surface area contributed by atoms with Gasteiger partial charge in [-0.15, -0.1) is 0 Å². The number of nitriles is 1. The zero-order chi connectivity index (χ0) is 32.7. The van der Waals surface area contributed by atoms with Crippen molar-refractivity contribution in [3.05, 3.63) is 81.5 Å². The summed E-state index contributed by atoms with van der Waals surface area (Å²) in [7, 11) is 0. The molecule has 0 saturated carbocycles. The zero-order valence-electron chi connectivity index (χ0n) is 26.0. The van der Waals surface area contributed by atoms with Crippen LogP contribution in [-0.2, 0) is 4.79 Å². The summed E-state index contributed by atoms with van der Waals surface area (Å²) in [6, 6.07) is 7.20. The molecule has 1 aliphatic heterocycles. The molecule has 0 aliphatic carbocycles. The molecule has 12 heteroatoms. The lowest BCUT2D eigenvalue weighted by molar-refractivity contribution is -0.128. The van der Waals surface area contributed by atoms with Crippen molar-refractivity contribution in [2.24, 2.45) is 0 Å². The second-order valence-electron chi connectivity index (χ2n) is 11.9. The number of halogens is 2. The standard InChI is InChI=1S/C33H34ClFN8O2/c1-8-26(44)41-14-20(7)42(15-19(41)6)31-23-12-24(34)29(22-10-9-21(13-36)11-25(22)35)39-32(23)43(33(45)40-31)30-27(17(2)3)37-16-38-28(30)18(4)5/h8-12,16-20H,1,14-15H2,2-7H3/t19-,20+/m1/s1. The van der Waals surface area contributed by atoms with Crippen LogP contribution in [0.3, 0.4) is 0 Å². The third-order valence-corrected chi connectivity index (χ3v) is 8.35. The maximum Gasteiger partial charge on any atom is 0.355 e. The Morgan fingerprint density at radius 1 is 1.09 bits per heavy atom. The van der Waals surface area contributed by atoms with E-state index in [4.69, 9.17) is 16.6 Å². The lowest BCUT2D eigenvalue weighted by Crippen LogP contribution is -2.58. The first kappa shape index (κ1) is 31.7. The van der Waals surface area contributed by atoms with Crippen LogP contribution < -0.4 is 10.6 Å². The normalized spacial score (nSPS) is 16.8. The smallest absolute Gasteiger partial charge is 0.349 e. The molecule has 0 bridgehead atoms. The Labute approximate surface area is 265 Å². The lowest BCUT2D eigenvalue weighted by atomic mass is 10.0. The fraction of sp³-hybridized carbons (Fsp3) is 0.364. The number of nitrogens with zero attached hydrogens (tertiary/aromatic N) is 8. The predicted molar refractivity (Wildman–Crippen MR) is 172 cm³/mol. The number of anilines is 1. The highest BCUT2D eigenvalue weighted by Crippen LogP contribution is 2.37. The van der Waals surface area contributed by atoms with Crippen LogP contribution in [0.5, 0.6) is 0 Å². The predicted octanol–water partition coefficient (Wildman–Crippen LogP) is 5.76. The second kappa shape index (κ2) is 12.4. The van der Waals surface area contributed by atoms with E-state index in [1.807, 2.05) is 52.5 Å². The van der Waals surface area contributed by atoms with Crippen molar-refractivity contribution in [3.63, 3.8) is 0 Å². The van der Waals surface area contributed by atoms with Crippen molar-refractivity contribution in [3.8, 4) is 23.0 Å². The molecule has 0 N–H and O–H groups in total. The van der Waals surface area contributed by atoms with Crippen LogP contribution >= 0.6 is 11.6 Å². The SMILES string of the molecule is C=CC(=O)N1C[C@H](C)N(c2nc(=O)n(-c3c(C(C)C)ncnc3C(C)C)c3nc(-c4ccc(C#N)cc4F)c(Cl)cc23)C[C@H]1C. The lowest BCUT2D eigenvalue weighted by Gasteiger charge is -2.44. The molecular weight excluding hydrogens is 595 g/mol. The van der Waals surface area contributed by atoms with Crippen molar-refractivity contribution < 1.29 is 9.18 Å². The third-order valence-electron chi connectivity index (χ3n) is 8.07. The van der Waals surface area contributed by atoms with Gasteiger partial charge in [-0.05, 0) is 56.0 Å². The van der Waals surface area contributed by atoms with Gasteiger partial charge in [-0.3, -0.25) is 4.79 Å². The number of piperazine rings is 1. The van der Waals surface area contributed by atoms with Crippen LogP contribution in [0.1, 0.15) is 70.3 Å². The van der Waals surface area contributed by atoms with Crippen LogP contribution in [0.25, 0.3) is 28.0 Å². The van der Waals surface area contributed by atoms with Gasteiger partial charge in [-0.1, -0.05) is 45.9 Å². The van der Waals surface area contributed by atoms with Crippen molar-refractivity contribution in [2.45, 2.75) is 65.5 Å². The molecule has 1 saturated heterocycles. The van der Waals surface area contributed by atoms with Crippen molar-refractivity contribution in [1.82, 2.24) is 29.4 Å². The minimum atomic E-state index is -0.676. The molecule has 1 fully saturated rings. The van der Waals surface area contributed by atoms with Gasteiger partial charge in [-0.25, -0.2) is 28.7 Å². The van der Waals surface area contributed by atoms with E-state index in [2.05, 4.69) is 21.5 Å².